The Bertz CT molecular complexity index is 838. The van der Waals surface area contributed by atoms with Gasteiger partial charge in [0.05, 0.1) is 24.9 Å². The van der Waals surface area contributed by atoms with Gasteiger partial charge in [-0.1, -0.05) is 0 Å². The van der Waals surface area contributed by atoms with Crippen LogP contribution in [0.1, 0.15) is 6.92 Å². The molecule has 0 bridgehead atoms. The monoisotopic (exact) mass is 328 g/mol. The molecule has 0 atom stereocenters. The topological polar surface area (TPSA) is 86.0 Å². The van der Waals surface area contributed by atoms with E-state index in [0.717, 1.165) is 17.4 Å². The predicted octanol–water partition coefficient (Wildman–Crippen LogP) is 2.54. The van der Waals surface area contributed by atoms with Gasteiger partial charge in [0.2, 0.25) is 0 Å². The van der Waals surface area contributed by atoms with E-state index in [1.165, 1.54) is 0 Å². The molecule has 0 unspecified atom stereocenters. The molecule has 0 spiro atoms. The Morgan fingerprint density at radius 1 is 1.29 bits per heavy atom. The van der Waals surface area contributed by atoms with Crippen molar-refractivity contribution in [1.29, 1.82) is 0 Å². The summed E-state index contributed by atoms with van der Waals surface area (Å²) >= 11 is 0. The highest BCUT2D eigenvalue weighted by molar-refractivity contribution is 6.00. The largest absolute Gasteiger partial charge is 0.383 e. The molecule has 2 heterocycles. The fourth-order valence-corrected chi connectivity index (χ4v) is 2.42. The van der Waals surface area contributed by atoms with Gasteiger partial charge in [-0.25, -0.2) is 4.79 Å². The third-order valence-corrected chi connectivity index (χ3v) is 3.61. The van der Waals surface area contributed by atoms with Gasteiger partial charge in [-0.15, -0.1) is 0 Å². The number of urea groups is 1. The Balaban J connectivity index is 1.65. The third kappa shape index (κ3) is 3.54. The maximum atomic E-state index is 12.1. The van der Waals surface area contributed by atoms with E-state index in [1.807, 2.05) is 36.0 Å². The fraction of sp³-hybridized carbons (Fsp3) is 0.312. The van der Waals surface area contributed by atoms with Gasteiger partial charge in [-0.05, 0) is 25.1 Å². The number of hydrogen-bond acceptors (Lipinski definition) is 4. The van der Waals surface area contributed by atoms with Crippen molar-refractivity contribution in [1.82, 2.24) is 19.6 Å². The van der Waals surface area contributed by atoms with E-state index in [2.05, 4.69) is 20.8 Å². The van der Waals surface area contributed by atoms with Crippen LogP contribution in [0.2, 0.25) is 0 Å². The van der Waals surface area contributed by atoms with Crippen LogP contribution in [0, 0.1) is 0 Å². The number of fused-ring (bicyclic) bond motifs is 1. The lowest BCUT2D eigenvalue weighted by Crippen LogP contribution is -2.20. The molecule has 0 aliphatic rings. The van der Waals surface area contributed by atoms with Crippen molar-refractivity contribution in [3.05, 3.63) is 36.7 Å². The Morgan fingerprint density at radius 2 is 2.17 bits per heavy atom. The van der Waals surface area contributed by atoms with Crippen molar-refractivity contribution < 1.29 is 9.53 Å². The molecule has 8 heteroatoms. The Morgan fingerprint density at radius 3 is 2.96 bits per heavy atom. The van der Waals surface area contributed by atoms with E-state index < -0.39 is 0 Å². The number of anilines is 2. The van der Waals surface area contributed by atoms with Crippen LogP contribution >= 0.6 is 0 Å². The maximum Gasteiger partial charge on any atom is 0.324 e. The van der Waals surface area contributed by atoms with Gasteiger partial charge in [0.15, 0.2) is 5.82 Å². The van der Waals surface area contributed by atoms with Crippen LogP contribution in [0.15, 0.2) is 36.7 Å². The van der Waals surface area contributed by atoms with Crippen LogP contribution in [-0.2, 0) is 17.8 Å². The molecule has 2 aromatic heterocycles. The van der Waals surface area contributed by atoms with Crippen LogP contribution < -0.4 is 10.6 Å². The number of aromatic nitrogens is 4. The van der Waals surface area contributed by atoms with Crippen LogP contribution in [0.5, 0.6) is 0 Å². The minimum atomic E-state index is -0.339. The van der Waals surface area contributed by atoms with Gasteiger partial charge in [-0.3, -0.25) is 14.7 Å². The zero-order valence-corrected chi connectivity index (χ0v) is 13.7. The molecule has 0 aliphatic heterocycles. The van der Waals surface area contributed by atoms with Crippen molar-refractivity contribution >= 4 is 28.4 Å². The lowest BCUT2D eigenvalue weighted by Gasteiger charge is -2.07. The summed E-state index contributed by atoms with van der Waals surface area (Å²) in [6.45, 7) is 4.01. The molecule has 8 nitrogen and oxygen atoms in total. The molecular formula is C16H20N6O2. The molecule has 0 saturated heterocycles. The predicted molar refractivity (Wildman–Crippen MR) is 92.2 cm³/mol. The molecule has 0 fully saturated rings. The summed E-state index contributed by atoms with van der Waals surface area (Å²) in [7, 11) is 1.64. The van der Waals surface area contributed by atoms with Crippen molar-refractivity contribution in [2.24, 2.45) is 0 Å². The first-order valence-corrected chi connectivity index (χ1v) is 7.75. The minimum Gasteiger partial charge on any atom is -0.383 e. The average Bonchev–Trinajstić information content (AvgIpc) is 3.18. The average molecular weight is 328 g/mol. The van der Waals surface area contributed by atoms with Crippen molar-refractivity contribution in [3.8, 4) is 0 Å². The normalized spacial score (nSPS) is 10.9. The van der Waals surface area contributed by atoms with E-state index in [0.29, 0.717) is 24.7 Å². The van der Waals surface area contributed by atoms with E-state index in [1.54, 1.807) is 24.1 Å². The van der Waals surface area contributed by atoms with E-state index in [4.69, 9.17) is 4.74 Å². The van der Waals surface area contributed by atoms with Crippen LogP contribution in [0.3, 0.4) is 0 Å². The molecule has 2 amide bonds. The number of benzene rings is 1. The molecule has 1 aromatic carbocycles. The second-order valence-electron chi connectivity index (χ2n) is 5.27. The lowest BCUT2D eigenvalue weighted by atomic mass is 10.2. The molecule has 2 N–H and O–H groups in total. The first kappa shape index (κ1) is 16.0. The van der Waals surface area contributed by atoms with Crippen molar-refractivity contribution in [3.63, 3.8) is 0 Å². The summed E-state index contributed by atoms with van der Waals surface area (Å²) < 4.78 is 8.59. The van der Waals surface area contributed by atoms with E-state index in [9.17, 15) is 4.79 Å². The second kappa shape index (κ2) is 7.14. The Hall–Kier alpha value is -2.87. The highest BCUT2D eigenvalue weighted by Crippen LogP contribution is 2.19. The van der Waals surface area contributed by atoms with Crippen molar-refractivity contribution in [2.75, 3.05) is 24.4 Å². The van der Waals surface area contributed by atoms with Crippen LogP contribution in [-0.4, -0.2) is 39.3 Å². The standard InChI is InChI=1S/C16H20N6O2/c1-3-22-14-10-13(5-4-12(14)11-17-22)18-16(23)19-15-6-7-21(20-15)8-9-24-2/h4-7,10-11H,3,8-9H2,1-2H3,(H2,18,19,20,23). The van der Waals surface area contributed by atoms with Crippen molar-refractivity contribution in [2.45, 2.75) is 20.0 Å². The highest BCUT2D eigenvalue weighted by Gasteiger charge is 2.07. The molecule has 0 radical (unpaired) electrons. The minimum absolute atomic E-state index is 0.339. The number of rotatable bonds is 6. The molecule has 3 rings (SSSR count). The summed E-state index contributed by atoms with van der Waals surface area (Å²) in [5.74, 6) is 0.489. The number of aryl methyl sites for hydroxylation is 1. The molecule has 126 valence electrons. The number of nitrogens with one attached hydrogen (secondary N) is 2. The lowest BCUT2D eigenvalue weighted by molar-refractivity contribution is 0.183. The number of ether oxygens (including phenoxy) is 1. The number of methoxy groups -OCH3 is 1. The fourth-order valence-electron chi connectivity index (χ4n) is 2.42. The van der Waals surface area contributed by atoms with Crippen LogP contribution in [0.4, 0.5) is 16.3 Å². The number of carbonyl (C=O) groups excluding carboxylic acids is 1. The summed E-state index contributed by atoms with van der Waals surface area (Å²) in [6.07, 6.45) is 3.61. The Kier molecular flexibility index (Phi) is 4.76. The smallest absolute Gasteiger partial charge is 0.324 e. The first-order chi connectivity index (χ1) is 11.7. The maximum absolute atomic E-state index is 12.1. The summed E-state index contributed by atoms with van der Waals surface area (Å²) in [4.78, 5) is 12.1. The molecule has 3 aromatic rings. The zero-order chi connectivity index (χ0) is 16.9. The zero-order valence-electron chi connectivity index (χ0n) is 13.7. The third-order valence-electron chi connectivity index (χ3n) is 3.61. The quantitative estimate of drug-likeness (QED) is 0.728. The Labute approximate surface area is 139 Å². The van der Waals surface area contributed by atoms with Gasteiger partial charge in [0, 0.05) is 37.0 Å². The summed E-state index contributed by atoms with van der Waals surface area (Å²) in [5.41, 5.74) is 1.69. The van der Waals surface area contributed by atoms with Gasteiger partial charge in [0.25, 0.3) is 0 Å². The summed E-state index contributed by atoms with van der Waals surface area (Å²) in [6, 6.07) is 7.09. The van der Waals surface area contributed by atoms with Gasteiger partial charge >= 0.3 is 6.03 Å². The van der Waals surface area contributed by atoms with Gasteiger partial charge in [-0.2, -0.15) is 10.2 Å². The van der Waals surface area contributed by atoms with Gasteiger partial charge in [0.1, 0.15) is 0 Å². The number of hydrogen-bond donors (Lipinski definition) is 2. The van der Waals surface area contributed by atoms with Crippen LogP contribution in [0.25, 0.3) is 10.9 Å². The van der Waals surface area contributed by atoms with E-state index in [-0.39, 0.29) is 6.03 Å². The first-order valence-electron chi connectivity index (χ1n) is 7.75. The highest BCUT2D eigenvalue weighted by atomic mass is 16.5. The molecule has 0 saturated carbocycles. The molecule has 0 aliphatic carbocycles. The SMILES string of the molecule is CCn1ncc2ccc(NC(=O)Nc3ccn(CCOC)n3)cc21. The number of nitrogens with zero attached hydrogens (tertiary/aromatic N) is 4. The van der Waals surface area contributed by atoms with E-state index >= 15 is 0 Å². The number of carbonyl (C=O) groups is 1. The second-order valence-corrected chi connectivity index (χ2v) is 5.27. The summed E-state index contributed by atoms with van der Waals surface area (Å²) in [5, 5.41) is 15.1. The number of amides is 2. The van der Waals surface area contributed by atoms with Gasteiger partial charge < -0.3 is 10.1 Å². The molecular weight excluding hydrogens is 308 g/mol. The molecule has 24 heavy (non-hydrogen) atoms.